The number of aryl methyl sites for hydroxylation is 2. The van der Waals surface area contributed by atoms with Crippen molar-refractivity contribution in [2.75, 3.05) is 0 Å². The van der Waals surface area contributed by atoms with Crippen molar-refractivity contribution in [3.8, 4) is 0 Å². The molecule has 0 saturated heterocycles. The number of aromatic amines is 1. The van der Waals surface area contributed by atoms with Crippen molar-refractivity contribution in [2.24, 2.45) is 0 Å². The van der Waals surface area contributed by atoms with Gasteiger partial charge in [-0.15, -0.1) is 0 Å². The molecule has 1 heterocycles. The van der Waals surface area contributed by atoms with Crippen molar-refractivity contribution in [2.45, 2.75) is 13.8 Å². The average molecular weight is 295 g/mol. The second-order valence-electron chi connectivity index (χ2n) is 5.26. The molecule has 0 fully saturated rings. The highest BCUT2D eigenvalue weighted by Gasteiger charge is 2.32. The summed E-state index contributed by atoms with van der Waals surface area (Å²) in [6.07, 6.45) is 0. The van der Waals surface area contributed by atoms with Gasteiger partial charge in [0.1, 0.15) is 0 Å². The lowest BCUT2D eigenvalue weighted by molar-refractivity contribution is 0.592. The number of rotatable bonds is 3. The number of benzene rings is 2. The Bertz CT molecular complexity index is 747. The lowest BCUT2D eigenvalue weighted by Crippen LogP contribution is -2.27. The van der Waals surface area contributed by atoms with Gasteiger partial charge in [0.2, 0.25) is 0 Å². The zero-order valence-electron chi connectivity index (χ0n) is 12.2. The Kier molecular flexibility index (Phi) is 3.57. The second-order valence-corrected chi connectivity index (χ2v) is 7.96. The first-order valence-electron chi connectivity index (χ1n) is 7.00. The van der Waals surface area contributed by atoms with Gasteiger partial charge in [-0.3, -0.25) is 0 Å². The van der Waals surface area contributed by atoms with E-state index in [0.29, 0.717) is 0 Å². The van der Waals surface area contributed by atoms with E-state index in [2.05, 4.69) is 4.98 Å². The van der Waals surface area contributed by atoms with E-state index in [1.165, 1.54) is 0 Å². The Morgan fingerprint density at radius 3 is 1.67 bits per heavy atom. The molecular weight excluding hydrogens is 277 g/mol. The zero-order chi connectivity index (χ0) is 14.9. The highest BCUT2D eigenvalue weighted by atomic mass is 31.2. The predicted octanol–water partition coefficient (Wildman–Crippen LogP) is 3.27. The van der Waals surface area contributed by atoms with Crippen LogP contribution in [0, 0.1) is 13.8 Å². The molecule has 0 aliphatic heterocycles. The molecule has 3 heteroatoms. The Morgan fingerprint density at radius 1 is 0.810 bits per heavy atom. The van der Waals surface area contributed by atoms with Gasteiger partial charge < -0.3 is 9.55 Å². The molecule has 2 aromatic carbocycles. The number of aromatic nitrogens is 1. The molecule has 0 saturated carbocycles. The van der Waals surface area contributed by atoms with Crippen molar-refractivity contribution < 1.29 is 4.57 Å². The molecule has 106 valence electrons. The van der Waals surface area contributed by atoms with Gasteiger partial charge >= 0.3 is 0 Å². The molecule has 2 nitrogen and oxygen atoms in total. The van der Waals surface area contributed by atoms with Crippen LogP contribution in [0.1, 0.15) is 11.3 Å². The summed E-state index contributed by atoms with van der Waals surface area (Å²) in [6, 6.07) is 21.5. The number of hydrogen-bond acceptors (Lipinski definition) is 1. The van der Waals surface area contributed by atoms with Crippen LogP contribution in [0.3, 0.4) is 0 Å². The molecule has 3 rings (SSSR count). The fourth-order valence-electron chi connectivity index (χ4n) is 2.72. The lowest BCUT2D eigenvalue weighted by Gasteiger charge is -2.19. The van der Waals surface area contributed by atoms with Crippen molar-refractivity contribution in [1.29, 1.82) is 0 Å². The quantitative estimate of drug-likeness (QED) is 0.739. The van der Waals surface area contributed by atoms with Crippen molar-refractivity contribution in [1.82, 2.24) is 4.98 Å². The fourth-order valence-corrected chi connectivity index (χ4v) is 5.62. The van der Waals surface area contributed by atoms with Crippen LogP contribution in [0.4, 0.5) is 0 Å². The van der Waals surface area contributed by atoms with Crippen LogP contribution in [-0.2, 0) is 4.57 Å². The monoisotopic (exact) mass is 295 g/mol. The third kappa shape index (κ3) is 2.36. The molecule has 1 aromatic heterocycles. The summed E-state index contributed by atoms with van der Waals surface area (Å²) in [4.78, 5) is 3.32. The Morgan fingerprint density at radius 2 is 1.29 bits per heavy atom. The maximum Gasteiger partial charge on any atom is 0.186 e. The van der Waals surface area contributed by atoms with Crippen LogP contribution in [0.25, 0.3) is 0 Å². The van der Waals surface area contributed by atoms with Gasteiger partial charge in [0.05, 0.1) is 5.44 Å². The normalized spacial score (nSPS) is 11.5. The van der Waals surface area contributed by atoms with E-state index in [9.17, 15) is 4.57 Å². The van der Waals surface area contributed by atoms with Crippen LogP contribution in [0.15, 0.2) is 66.7 Å². The summed E-state index contributed by atoms with van der Waals surface area (Å²) in [6.45, 7) is 4.01. The molecule has 0 aliphatic rings. The van der Waals surface area contributed by atoms with Crippen molar-refractivity contribution in [3.05, 3.63) is 78.0 Å². The van der Waals surface area contributed by atoms with Crippen LogP contribution >= 0.6 is 7.14 Å². The van der Waals surface area contributed by atoms with Gasteiger partial charge in [0.15, 0.2) is 7.14 Å². The molecule has 0 spiro atoms. The largest absolute Gasteiger partial charge is 0.356 e. The zero-order valence-corrected chi connectivity index (χ0v) is 13.1. The van der Waals surface area contributed by atoms with E-state index in [4.69, 9.17) is 0 Å². The summed E-state index contributed by atoms with van der Waals surface area (Å²) in [7, 11) is -2.85. The average Bonchev–Trinajstić information content (AvgIpc) is 2.87. The summed E-state index contributed by atoms with van der Waals surface area (Å²) in [5, 5.41) is 1.72. The maximum atomic E-state index is 14.0. The fraction of sp³-hybridized carbons (Fsp3) is 0.111. The van der Waals surface area contributed by atoms with Crippen LogP contribution in [-0.4, -0.2) is 4.98 Å². The molecule has 0 unspecified atom stereocenters. The third-order valence-corrected chi connectivity index (χ3v) is 6.82. The summed E-state index contributed by atoms with van der Waals surface area (Å²) in [5.74, 6) is 0. The molecule has 0 amide bonds. The first-order chi connectivity index (χ1) is 10.1. The second kappa shape index (κ2) is 5.38. The number of hydrogen-bond donors (Lipinski definition) is 1. The Hall–Kier alpha value is -2.05. The van der Waals surface area contributed by atoms with Crippen LogP contribution in [0.5, 0.6) is 0 Å². The van der Waals surface area contributed by atoms with Crippen molar-refractivity contribution >= 4 is 23.2 Å². The molecule has 0 radical (unpaired) electrons. The van der Waals surface area contributed by atoms with Crippen LogP contribution in [0.2, 0.25) is 0 Å². The molecule has 0 aliphatic carbocycles. The van der Waals surface area contributed by atoms with Gasteiger partial charge in [0.25, 0.3) is 0 Å². The summed E-state index contributed by atoms with van der Waals surface area (Å²) in [5.41, 5.74) is 2.91. The van der Waals surface area contributed by atoms with Gasteiger partial charge in [-0.1, -0.05) is 60.7 Å². The Balaban J connectivity index is 2.31. The number of H-pyrrole nitrogens is 1. The standard InChI is InChI=1S/C18H18NOP/c1-14-13-15(2)19-18(14)21(20,16-9-5-3-6-10-16)17-11-7-4-8-12-17/h3-13,19H,1-2H3. The first-order valence-corrected chi connectivity index (χ1v) is 8.71. The lowest BCUT2D eigenvalue weighted by atomic mass is 10.3. The van der Waals surface area contributed by atoms with E-state index in [1.807, 2.05) is 80.6 Å². The van der Waals surface area contributed by atoms with Gasteiger partial charge in [0, 0.05) is 16.3 Å². The smallest absolute Gasteiger partial charge is 0.186 e. The topological polar surface area (TPSA) is 32.9 Å². The molecule has 0 bridgehead atoms. The van der Waals surface area contributed by atoms with E-state index in [0.717, 1.165) is 27.3 Å². The van der Waals surface area contributed by atoms with Crippen molar-refractivity contribution in [3.63, 3.8) is 0 Å². The molecule has 0 atom stereocenters. The van der Waals surface area contributed by atoms with Gasteiger partial charge in [-0.05, 0) is 25.5 Å². The predicted molar refractivity (Wildman–Crippen MR) is 89.7 cm³/mol. The molecule has 3 aromatic rings. The maximum absolute atomic E-state index is 14.0. The van der Waals surface area contributed by atoms with E-state index >= 15 is 0 Å². The number of nitrogens with one attached hydrogen (secondary N) is 1. The molecular formula is C18H18NOP. The molecule has 21 heavy (non-hydrogen) atoms. The van der Waals surface area contributed by atoms with Crippen LogP contribution < -0.4 is 16.0 Å². The SMILES string of the molecule is Cc1cc(C)c(P(=O)(c2ccccc2)c2ccccc2)[nH]1. The van der Waals surface area contributed by atoms with Gasteiger partial charge in [-0.25, -0.2) is 0 Å². The van der Waals surface area contributed by atoms with Gasteiger partial charge in [-0.2, -0.15) is 0 Å². The summed E-state index contributed by atoms with van der Waals surface area (Å²) >= 11 is 0. The third-order valence-electron chi connectivity index (χ3n) is 3.68. The first kappa shape index (κ1) is 13.9. The summed E-state index contributed by atoms with van der Waals surface area (Å²) < 4.78 is 14.0. The van der Waals surface area contributed by atoms with E-state index in [1.54, 1.807) is 0 Å². The minimum absolute atomic E-state index is 0.831. The molecule has 1 N–H and O–H groups in total. The Labute approximate surface area is 125 Å². The van der Waals surface area contributed by atoms with E-state index in [-0.39, 0.29) is 0 Å². The van der Waals surface area contributed by atoms with E-state index < -0.39 is 7.14 Å². The minimum Gasteiger partial charge on any atom is -0.356 e. The minimum atomic E-state index is -2.85. The highest BCUT2D eigenvalue weighted by Crippen LogP contribution is 2.42. The highest BCUT2D eigenvalue weighted by molar-refractivity contribution is 7.85.